The minimum Gasteiger partial charge on any atom is -0.384 e. The molecule has 2 nitrogen and oxygen atoms in total. The minimum absolute atomic E-state index is 0.473. The van der Waals surface area contributed by atoms with E-state index in [0.717, 1.165) is 29.4 Å². The Morgan fingerprint density at radius 2 is 2.13 bits per heavy atom. The molecule has 0 saturated carbocycles. The number of fused-ring (bicyclic) bond motifs is 3. The summed E-state index contributed by atoms with van der Waals surface area (Å²) in [6.45, 7) is 0.958. The van der Waals surface area contributed by atoms with Gasteiger partial charge >= 0.3 is 0 Å². The third-order valence-corrected chi connectivity index (χ3v) is 2.99. The van der Waals surface area contributed by atoms with Crippen LogP contribution in [0.1, 0.15) is 18.1 Å². The fourth-order valence-electron chi connectivity index (χ4n) is 2.27. The van der Waals surface area contributed by atoms with Gasteiger partial charge in [0.15, 0.2) is 0 Å². The van der Waals surface area contributed by atoms with Gasteiger partial charge in [-0.25, -0.2) is 0 Å². The van der Waals surface area contributed by atoms with E-state index in [9.17, 15) is 5.11 Å². The average molecular weight is 199 g/mol. The maximum Gasteiger partial charge on any atom is 0.100 e. The van der Waals surface area contributed by atoms with E-state index in [1.54, 1.807) is 0 Å². The molecule has 1 aliphatic carbocycles. The third kappa shape index (κ3) is 1.29. The second-order valence-corrected chi connectivity index (χ2v) is 3.95. The molecule has 15 heavy (non-hydrogen) atoms. The number of anilines is 1. The smallest absolute Gasteiger partial charge is 0.100 e. The van der Waals surface area contributed by atoms with Crippen LogP contribution < -0.4 is 15.8 Å². The largest absolute Gasteiger partial charge is 0.384 e. The van der Waals surface area contributed by atoms with Crippen molar-refractivity contribution in [2.75, 3.05) is 11.9 Å². The number of aliphatic hydroxyl groups is 1. The van der Waals surface area contributed by atoms with Crippen LogP contribution in [0.3, 0.4) is 0 Å². The van der Waals surface area contributed by atoms with E-state index in [1.807, 2.05) is 18.2 Å². The lowest BCUT2D eigenvalue weighted by Crippen LogP contribution is -2.27. The van der Waals surface area contributed by atoms with Crippen molar-refractivity contribution in [2.45, 2.75) is 12.5 Å². The van der Waals surface area contributed by atoms with Gasteiger partial charge in [0.2, 0.25) is 0 Å². The van der Waals surface area contributed by atoms with E-state index in [0.29, 0.717) is 0 Å². The molecule has 2 heteroatoms. The van der Waals surface area contributed by atoms with Crippen molar-refractivity contribution in [1.82, 2.24) is 0 Å². The van der Waals surface area contributed by atoms with Crippen molar-refractivity contribution in [3.8, 4) is 0 Å². The second-order valence-electron chi connectivity index (χ2n) is 3.95. The van der Waals surface area contributed by atoms with Crippen LogP contribution in [-0.4, -0.2) is 11.7 Å². The van der Waals surface area contributed by atoms with Crippen LogP contribution in [0.15, 0.2) is 24.3 Å². The lowest BCUT2D eigenvalue weighted by Gasteiger charge is -2.20. The first-order valence-electron chi connectivity index (χ1n) is 5.30. The maximum atomic E-state index is 9.96. The highest BCUT2D eigenvalue weighted by molar-refractivity contribution is 5.63. The van der Waals surface area contributed by atoms with Crippen LogP contribution >= 0.6 is 0 Å². The highest BCUT2D eigenvalue weighted by atomic mass is 16.3. The zero-order valence-electron chi connectivity index (χ0n) is 8.40. The molecule has 0 amide bonds. The van der Waals surface area contributed by atoms with Crippen LogP contribution in [-0.2, 0) is 0 Å². The molecule has 1 heterocycles. The molecule has 0 radical (unpaired) electrons. The summed E-state index contributed by atoms with van der Waals surface area (Å²) in [5.74, 6) is 0. The molecular formula is C13H13NO. The fraction of sp³-hybridized carbons (Fsp3) is 0.231. The number of hydrogen-bond donors (Lipinski definition) is 2. The molecule has 2 N–H and O–H groups in total. The van der Waals surface area contributed by atoms with Crippen molar-refractivity contribution in [1.29, 1.82) is 0 Å². The van der Waals surface area contributed by atoms with Gasteiger partial charge in [-0.15, -0.1) is 0 Å². The first-order valence-corrected chi connectivity index (χ1v) is 5.30. The Kier molecular flexibility index (Phi) is 1.89. The van der Waals surface area contributed by atoms with Crippen molar-refractivity contribution in [3.63, 3.8) is 0 Å². The minimum atomic E-state index is -0.473. The monoisotopic (exact) mass is 199 g/mol. The van der Waals surface area contributed by atoms with Crippen molar-refractivity contribution < 1.29 is 5.11 Å². The molecule has 1 atom stereocenters. The Morgan fingerprint density at radius 1 is 1.27 bits per heavy atom. The van der Waals surface area contributed by atoms with Crippen LogP contribution in [0.2, 0.25) is 0 Å². The zero-order valence-corrected chi connectivity index (χ0v) is 8.40. The van der Waals surface area contributed by atoms with E-state index in [1.165, 1.54) is 5.22 Å². The molecule has 3 rings (SSSR count). The molecule has 0 spiro atoms. The van der Waals surface area contributed by atoms with Gasteiger partial charge in [-0.1, -0.05) is 36.4 Å². The van der Waals surface area contributed by atoms with Crippen LogP contribution in [0.4, 0.5) is 5.69 Å². The fourth-order valence-corrected chi connectivity index (χ4v) is 2.27. The number of hydrogen-bond acceptors (Lipinski definition) is 2. The van der Waals surface area contributed by atoms with Gasteiger partial charge in [-0.05, 0) is 16.9 Å². The van der Waals surface area contributed by atoms with E-state index in [2.05, 4.69) is 23.5 Å². The predicted octanol–water partition coefficient (Wildman–Crippen LogP) is 0.666. The van der Waals surface area contributed by atoms with Gasteiger partial charge in [-0.3, -0.25) is 0 Å². The van der Waals surface area contributed by atoms with E-state index in [4.69, 9.17) is 0 Å². The summed E-state index contributed by atoms with van der Waals surface area (Å²) < 4.78 is 0. The summed E-state index contributed by atoms with van der Waals surface area (Å²) >= 11 is 0. The van der Waals surface area contributed by atoms with E-state index >= 15 is 0 Å². The molecule has 2 aliphatic rings. The van der Waals surface area contributed by atoms with Gasteiger partial charge < -0.3 is 10.4 Å². The topological polar surface area (TPSA) is 32.3 Å². The zero-order chi connectivity index (χ0) is 10.3. The standard InChI is InChI=1S/C13H13NO/c15-11-5-1-3-9-6-7-10-4-2-8-14-13(10)12(9)11/h1,3-7,11,14-15H,2,8H2. The molecule has 1 aliphatic heterocycles. The number of benzene rings is 1. The van der Waals surface area contributed by atoms with Gasteiger partial charge in [-0.2, -0.15) is 0 Å². The van der Waals surface area contributed by atoms with Crippen molar-refractivity contribution in [2.24, 2.45) is 0 Å². The Morgan fingerprint density at radius 3 is 3.07 bits per heavy atom. The Bertz CT molecular complexity index is 542. The number of rotatable bonds is 0. The summed E-state index contributed by atoms with van der Waals surface area (Å²) in [5, 5.41) is 15.7. The van der Waals surface area contributed by atoms with Crippen molar-refractivity contribution in [3.05, 3.63) is 40.3 Å². The molecular weight excluding hydrogens is 186 g/mol. The molecule has 0 aromatic heterocycles. The maximum absolute atomic E-state index is 9.96. The number of allylic oxidation sites excluding steroid dienone is 1. The molecule has 0 saturated heterocycles. The van der Waals surface area contributed by atoms with Crippen LogP contribution in [0.5, 0.6) is 0 Å². The summed E-state index contributed by atoms with van der Waals surface area (Å²) in [5.41, 5.74) is 2.12. The highest BCUT2D eigenvalue weighted by Gasteiger charge is 2.15. The summed E-state index contributed by atoms with van der Waals surface area (Å²) in [7, 11) is 0. The summed E-state index contributed by atoms with van der Waals surface area (Å²) in [6, 6.07) is 4.19. The average Bonchev–Trinajstić information content (AvgIpc) is 2.29. The first-order chi connectivity index (χ1) is 7.36. The Hall–Kier alpha value is -1.54. The second kappa shape index (κ2) is 3.24. The lowest BCUT2D eigenvalue weighted by molar-refractivity contribution is 0.227. The molecule has 0 fully saturated rings. The normalized spacial score (nSPS) is 21.8. The predicted molar refractivity (Wildman–Crippen MR) is 61.8 cm³/mol. The van der Waals surface area contributed by atoms with Crippen molar-refractivity contribution >= 4 is 17.8 Å². The molecule has 1 aromatic rings. The Labute approximate surface area is 88.2 Å². The van der Waals surface area contributed by atoms with E-state index in [-0.39, 0.29) is 0 Å². The quantitative estimate of drug-likeness (QED) is 0.643. The van der Waals surface area contributed by atoms with Gasteiger partial charge in [0.1, 0.15) is 6.10 Å². The van der Waals surface area contributed by atoms with Gasteiger partial charge in [0.25, 0.3) is 0 Å². The van der Waals surface area contributed by atoms with Crippen LogP contribution in [0.25, 0.3) is 12.2 Å². The van der Waals surface area contributed by atoms with Gasteiger partial charge in [0.05, 0.1) is 0 Å². The summed E-state index contributed by atoms with van der Waals surface area (Å²) in [4.78, 5) is 0. The van der Waals surface area contributed by atoms with Crippen LogP contribution in [0, 0.1) is 0 Å². The lowest BCUT2D eigenvalue weighted by atomic mass is 9.97. The highest BCUT2D eigenvalue weighted by Crippen LogP contribution is 2.20. The van der Waals surface area contributed by atoms with E-state index < -0.39 is 6.10 Å². The van der Waals surface area contributed by atoms with Gasteiger partial charge in [0, 0.05) is 17.8 Å². The first kappa shape index (κ1) is 8.74. The molecule has 76 valence electrons. The SMILES string of the molecule is OC1C=CC=c2ccc3c(c21)NCCC=3. The Balaban J connectivity index is 2.38. The third-order valence-electron chi connectivity index (χ3n) is 2.99. The summed E-state index contributed by atoms with van der Waals surface area (Å²) in [6.07, 6.45) is 8.57. The molecule has 0 bridgehead atoms. The molecule has 1 unspecified atom stereocenters. The molecule has 1 aromatic carbocycles. The number of nitrogens with one attached hydrogen (secondary N) is 1. The number of aliphatic hydroxyl groups excluding tert-OH is 1.